The smallest absolute Gasteiger partial charge is 0.266 e. The normalized spacial score (nSPS) is 11.2. The average molecular weight is 463 g/mol. The molecule has 0 aliphatic carbocycles. The molecule has 1 heterocycles. The zero-order valence-electron chi connectivity index (χ0n) is 17.2. The molecule has 8 heteroatoms. The number of nitrogens with zero attached hydrogens (tertiary/aromatic N) is 3. The first-order chi connectivity index (χ1) is 15.5. The Hall–Kier alpha value is -3.42. The van der Waals surface area contributed by atoms with Crippen LogP contribution in [0.25, 0.3) is 16.6 Å². The highest BCUT2D eigenvalue weighted by Crippen LogP contribution is 2.22. The van der Waals surface area contributed by atoms with Gasteiger partial charge in [-0.2, -0.15) is 5.10 Å². The fraction of sp³-hybridized carbons (Fsp3) is 0.0833. The highest BCUT2D eigenvalue weighted by Gasteiger charge is 2.14. The molecule has 0 aliphatic rings. The summed E-state index contributed by atoms with van der Waals surface area (Å²) in [5.74, 6) is -0.257. The summed E-state index contributed by atoms with van der Waals surface area (Å²) >= 11 is 7.17. The fourth-order valence-electron chi connectivity index (χ4n) is 3.02. The first-order valence-electron chi connectivity index (χ1n) is 9.80. The number of aromatic nitrogens is 2. The third-order valence-electron chi connectivity index (χ3n) is 4.64. The van der Waals surface area contributed by atoms with Crippen LogP contribution in [0.15, 0.2) is 87.8 Å². The van der Waals surface area contributed by atoms with E-state index >= 15 is 0 Å². The summed E-state index contributed by atoms with van der Waals surface area (Å²) in [4.78, 5) is 30.1. The molecule has 0 aliphatic heterocycles. The summed E-state index contributed by atoms with van der Waals surface area (Å²) in [5, 5.41) is 5.47. The van der Waals surface area contributed by atoms with E-state index in [4.69, 9.17) is 11.6 Å². The van der Waals surface area contributed by atoms with Crippen LogP contribution in [0.5, 0.6) is 0 Å². The Morgan fingerprint density at radius 3 is 2.56 bits per heavy atom. The Balaban J connectivity index is 1.56. The van der Waals surface area contributed by atoms with Crippen molar-refractivity contribution < 1.29 is 4.79 Å². The Kier molecular flexibility index (Phi) is 6.68. The molecule has 0 fully saturated rings. The number of hydrazone groups is 1. The number of halogens is 1. The van der Waals surface area contributed by atoms with Crippen LogP contribution < -0.4 is 11.0 Å². The van der Waals surface area contributed by atoms with E-state index in [-0.39, 0.29) is 17.2 Å². The minimum absolute atomic E-state index is 0.0452. The highest BCUT2D eigenvalue weighted by molar-refractivity contribution is 7.99. The number of amides is 1. The van der Waals surface area contributed by atoms with Crippen molar-refractivity contribution in [2.24, 2.45) is 5.10 Å². The standard InChI is InChI=1S/C24H19ClN4O2S/c1-16-6-8-17(9-7-16)14-26-28-22(30)15-32-24-27-21-5-3-2-4-20(21)23(31)29(24)19-12-10-18(25)11-13-19/h2-14H,15H2,1H3,(H,28,30)/b26-14-. The van der Waals surface area contributed by atoms with Crippen LogP contribution in [0.4, 0.5) is 0 Å². The molecule has 1 N–H and O–H groups in total. The molecule has 160 valence electrons. The lowest BCUT2D eigenvalue weighted by Gasteiger charge is -2.13. The number of fused-ring (bicyclic) bond motifs is 1. The predicted octanol–water partition coefficient (Wildman–Crippen LogP) is 4.59. The molecule has 32 heavy (non-hydrogen) atoms. The number of nitrogens with one attached hydrogen (secondary N) is 1. The van der Waals surface area contributed by atoms with E-state index in [0.29, 0.717) is 26.8 Å². The number of hydrogen-bond acceptors (Lipinski definition) is 5. The number of rotatable bonds is 6. The quantitative estimate of drug-likeness (QED) is 0.197. The zero-order chi connectivity index (χ0) is 22.5. The summed E-state index contributed by atoms with van der Waals surface area (Å²) in [6.45, 7) is 2.00. The van der Waals surface area contributed by atoms with E-state index in [0.717, 1.165) is 22.9 Å². The van der Waals surface area contributed by atoms with E-state index in [1.807, 2.05) is 37.3 Å². The van der Waals surface area contributed by atoms with Gasteiger partial charge in [-0.1, -0.05) is 65.3 Å². The van der Waals surface area contributed by atoms with Gasteiger partial charge in [-0.3, -0.25) is 14.2 Å². The number of aryl methyl sites for hydroxylation is 1. The maximum absolute atomic E-state index is 13.2. The minimum Gasteiger partial charge on any atom is -0.272 e. The number of benzene rings is 3. The lowest BCUT2D eigenvalue weighted by Crippen LogP contribution is -2.24. The van der Waals surface area contributed by atoms with Crippen LogP contribution in [-0.2, 0) is 4.79 Å². The van der Waals surface area contributed by atoms with Crippen LogP contribution in [0.1, 0.15) is 11.1 Å². The molecule has 1 aromatic heterocycles. The molecule has 0 saturated heterocycles. The van der Waals surface area contributed by atoms with Crippen molar-refractivity contribution in [3.8, 4) is 5.69 Å². The molecule has 0 bridgehead atoms. The van der Waals surface area contributed by atoms with Gasteiger partial charge in [0.05, 0.1) is 28.6 Å². The molecule has 0 unspecified atom stereocenters. The summed E-state index contributed by atoms with van der Waals surface area (Å²) < 4.78 is 1.49. The first-order valence-corrected chi connectivity index (χ1v) is 11.2. The van der Waals surface area contributed by atoms with Gasteiger partial charge < -0.3 is 0 Å². The van der Waals surface area contributed by atoms with Crippen LogP contribution in [0.3, 0.4) is 0 Å². The molecule has 4 rings (SSSR count). The zero-order valence-corrected chi connectivity index (χ0v) is 18.7. The second kappa shape index (κ2) is 9.80. The van der Waals surface area contributed by atoms with Crippen molar-refractivity contribution in [1.82, 2.24) is 15.0 Å². The topological polar surface area (TPSA) is 76.3 Å². The van der Waals surface area contributed by atoms with E-state index < -0.39 is 0 Å². The van der Waals surface area contributed by atoms with Crippen molar-refractivity contribution in [2.75, 3.05) is 5.75 Å². The monoisotopic (exact) mass is 462 g/mol. The second-order valence-electron chi connectivity index (χ2n) is 7.02. The van der Waals surface area contributed by atoms with E-state index in [1.165, 1.54) is 4.57 Å². The average Bonchev–Trinajstić information content (AvgIpc) is 2.80. The predicted molar refractivity (Wildman–Crippen MR) is 130 cm³/mol. The van der Waals surface area contributed by atoms with E-state index in [9.17, 15) is 9.59 Å². The number of carbonyl (C=O) groups is 1. The van der Waals surface area contributed by atoms with Crippen LogP contribution in [0, 0.1) is 6.92 Å². The molecule has 0 atom stereocenters. The fourth-order valence-corrected chi connectivity index (χ4v) is 3.95. The molecule has 0 saturated carbocycles. The van der Waals surface area contributed by atoms with Gasteiger partial charge in [0.15, 0.2) is 5.16 Å². The molecule has 4 aromatic rings. The van der Waals surface area contributed by atoms with E-state index in [1.54, 1.807) is 48.7 Å². The molecule has 3 aromatic carbocycles. The number of para-hydroxylation sites is 1. The molecular weight excluding hydrogens is 444 g/mol. The van der Waals surface area contributed by atoms with Crippen LogP contribution in [-0.4, -0.2) is 27.4 Å². The summed E-state index contributed by atoms with van der Waals surface area (Å²) in [6.07, 6.45) is 1.58. The Morgan fingerprint density at radius 2 is 1.81 bits per heavy atom. The molecule has 6 nitrogen and oxygen atoms in total. The number of thioether (sulfide) groups is 1. The highest BCUT2D eigenvalue weighted by atomic mass is 35.5. The Morgan fingerprint density at radius 1 is 1.09 bits per heavy atom. The molecule has 1 amide bonds. The maximum atomic E-state index is 13.2. The summed E-state index contributed by atoms with van der Waals surface area (Å²) in [7, 11) is 0. The van der Waals surface area contributed by atoms with Gasteiger partial charge in [0, 0.05) is 5.02 Å². The van der Waals surface area contributed by atoms with Gasteiger partial charge in [0.1, 0.15) is 0 Å². The van der Waals surface area contributed by atoms with Crippen molar-refractivity contribution in [1.29, 1.82) is 0 Å². The Labute approximate surface area is 194 Å². The molecular formula is C24H19ClN4O2S. The third-order valence-corrected chi connectivity index (χ3v) is 5.83. The van der Waals surface area contributed by atoms with Crippen molar-refractivity contribution in [3.05, 3.63) is 99.3 Å². The molecule has 0 spiro atoms. The van der Waals surface area contributed by atoms with Gasteiger partial charge in [0.25, 0.3) is 11.5 Å². The van der Waals surface area contributed by atoms with Crippen molar-refractivity contribution in [2.45, 2.75) is 12.1 Å². The largest absolute Gasteiger partial charge is 0.272 e. The third kappa shape index (κ3) is 5.07. The number of carbonyl (C=O) groups excluding carboxylic acids is 1. The van der Waals surface area contributed by atoms with Crippen molar-refractivity contribution >= 4 is 46.4 Å². The van der Waals surface area contributed by atoms with Gasteiger partial charge in [0.2, 0.25) is 0 Å². The van der Waals surface area contributed by atoms with Crippen LogP contribution in [0.2, 0.25) is 5.02 Å². The van der Waals surface area contributed by atoms with Gasteiger partial charge in [-0.15, -0.1) is 0 Å². The number of hydrogen-bond donors (Lipinski definition) is 1. The van der Waals surface area contributed by atoms with E-state index in [2.05, 4.69) is 15.5 Å². The summed E-state index contributed by atoms with van der Waals surface area (Å²) in [6, 6.07) is 21.8. The second-order valence-corrected chi connectivity index (χ2v) is 8.40. The minimum atomic E-state index is -0.302. The van der Waals surface area contributed by atoms with Gasteiger partial charge in [-0.05, 0) is 48.9 Å². The van der Waals surface area contributed by atoms with Crippen LogP contribution >= 0.6 is 23.4 Å². The van der Waals surface area contributed by atoms with Crippen molar-refractivity contribution in [3.63, 3.8) is 0 Å². The SMILES string of the molecule is Cc1ccc(/C=N\NC(=O)CSc2nc3ccccc3c(=O)n2-c2ccc(Cl)cc2)cc1. The lowest BCUT2D eigenvalue weighted by molar-refractivity contribution is -0.118. The van der Waals surface area contributed by atoms with Gasteiger partial charge >= 0.3 is 0 Å². The molecule has 0 radical (unpaired) electrons. The Bertz CT molecular complexity index is 1350. The maximum Gasteiger partial charge on any atom is 0.266 e. The summed E-state index contributed by atoms with van der Waals surface area (Å²) in [5.41, 5.74) is 5.53. The van der Waals surface area contributed by atoms with Gasteiger partial charge in [-0.25, -0.2) is 10.4 Å². The first kappa shape index (κ1) is 21.8. The lowest BCUT2D eigenvalue weighted by atomic mass is 10.2.